The first-order valence-electron chi connectivity index (χ1n) is 11.7. The van der Waals surface area contributed by atoms with Crippen LogP contribution in [0.4, 0.5) is 4.39 Å². The van der Waals surface area contributed by atoms with Crippen molar-refractivity contribution in [3.63, 3.8) is 0 Å². The molecule has 1 unspecified atom stereocenters. The van der Waals surface area contributed by atoms with Gasteiger partial charge in [-0.05, 0) is 65.4 Å². The molecular weight excluding hydrogens is 475 g/mol. The van der Waals surface area contributed by atoms with Gasteiger partial charge in [0.15, 0.2) is 16.3 Å². The minimum absolute atomic E-state index is 0.145. The van der Waals surface area contributed by atoms with Crippen LogP contribution in [-0.4, -0.2) is 18.8 Å². The highest BCUT2D eigenvalue weighted by atomic mass is 32.1. The van der Waals surface area contributed by atoms with Crippen molar-refractivity contribution >= 4 is 23.1 Å². The normalized spacial score (nSPS) is 16.6. The van der Waals surface area contributed by atoms with E-state index < -0.39 is 6.04 Å². The number of aryl methyl sites for hydroxylation is 1. The first-order valence-corrected chi connectivity index (χ1v) is 12.5. The number of benzene rings is 3. The Labute approximate surface area is 211 Å². The maximum Gasteiger partial charge on any atom is 0.271 e. The lowest BCUT2D eigenvalue weighted by molar-refractivity contribution is 0.355. The number of aromatic nitrogens is 1. The summed E-state index contributed by atoms with van der Waals surface area (Å²) in [6, 6.07) is 19.9. The molecule has 0 radical (unpaired) electrons. The van der Waals surface area contributed by atoms with Gasteiger partial charge in [-0.1, -0.05) is 53.8 Å². The van der Waals surface area contributed by atoms with Gasteiger partial charge in [-0.15, -0.1) is 0 Å². The van der Waals surface area contributed by atoms with E-state index >= 15 is 0 Å². The van der Waals surface area contributed by atoms with Crippen molar-refractivity contribution in [1.29, 1.82) is 0 Å². The molecule has 1 aliphatic heterocycles. The second-order valence-corrected chi connectivity index (χ2v) is 9.79. The van der Waals surface area contributed by atoms with Crippen LogP contribution < -0.4 is 24.4 Å². The molecule has 0 saturated carbocycles. The van der Waals surface area contributed by atoms with E-state index in [0.29, 0.717) is 20.8 Å². The molecule has 1 aromatic heterocycles. The summed E-state index contributed by atoms with van der Waals surface area (Å²) in [7, 11) is 3.17. The highest BCUT2D eigenvalue weighted by Crippen LogP contribution is 2.41. The Hall–Kier alpha value is -3.97. The van der Waals surface area contributed by atoms with Crippen molar-refractivity contribution in [1.82, 2.24) is 4.57 Å². The first-order chi connectivity index (χ1) is 17.6. The Morgan fingerprint density at radius 2 is 1.83 bits per heavy atom. The fourth-order valence-corrected chi connectivity index (χ4v) is 6.09. The van der Waals surface area contributed by atoms with Crippen molar-refractivity contribution in [3.8, 4) is 11.5 Å². The average molecular weight is 499 g/mol. The van der Waals surface area contributed by atoms with Gasteiger partial charge >= 0.3 is 0 Å². The molecule has 2 aliphatic rings. The van der Waals surface area contributed by atoms with E-state index in [4.69, 9.17) is 14.5 Å². The van der Waals surface area contributed by atoms with E-state index in [0.717, 1.165) is 40.8 Å². The molecular formula is C29H23FN2O3S. The van der Waals surface area contributed by atoms with Crippen LogP contribution >= 0.6 is 11.3 Å². The molecule has 0 bridgehead atoms. The van der Waals surface area contributed by atoms with Crippen molar-refractivity contribution in [3.05, 3.63) is 120 Å². The maximum atomic E-state index is 14.3. The monoisotopic (exact) mass is 498 g/mol. The van der Waals surface area contributed by atoms with Crippen molar-refractivity contribution in [2.75, 3.05) is 14.2 Å². The predicted molar refractivity (Wildman–Crippen MR) is 139 cm³/mol. The average Bonchev–Trinajstić information content (AvgIpc) is 3.21. The number of ether oxygens (including phenoxy) is 2. The van der Waals surface area contributed by atoms with Crippen LogP contribution in [0, 0.1) is 5.82 Å². The third-order valence-corrected chi connectivity index (χ3v) is 7.73. The summed E-state index contributed by atoms with van der Waals surface area (Å²) in [6.07, 6.45) is 3.45. The summed E-state index contributed by atoms with van der Waals surface area (Å²) in [5, 5.41) is 0. The summed E-state index contributed by atoms with van der Waals surface area (Å²) in [5.41, 5.74) is 5.67. The van der Waals surface area contributed by atoms with Gasteiger partial charge in [-0.25, -0.2) is 9.38 Å². The van der Waals surface area contributed by atoms with Crippen LogP contribution in [0.2, 0.25) is 0 Å². The highest BCUT2D eigenvalue weighted by molar-refractivity contribution is 7.07. The van der Waals surface area contributed by atoms with E-state index in [9.17, 15) is 9.18 Å². The smallest absolute Gasteiger partial charge is 0.271 e. The summed E-state index contributed by atoms with van der Waals surface area (Å²) >= 11 is 1.34. The predicted octanol–water partition coefficient (Wildman–Crippen LogP) is 4.48. The zero-order valence-corrected chi connectivity index (χ0v) is 20.6. The lowest BCUT2D eigenvalue weighted by Gasteiger charge is -2.30. The molecule has 0 fully saturated rings. The number of rotatable bonds is 4. The molecule has 6 rings (SSSR count). The number of nitrogens with zero attached hydrogens (tertiary/aromatic N) is 2. The zero-order chi connectivity index (χ0) is 24.8. The lowest BCUT2D eigenvalue weighted by atomic mass is 9.83. The van der Waals surface area contributed by atoms with Crippen LogP contribution in [-0.2, 0) is 6.42 Å². The molecule has 4 aromatic rings. The van der Waals surface area contributed by atoms with Crippen LogP contribution in [0.1, 0.15) is 34.7 Å². The number of hydrogen-bond acceptors (Lipinski definition) is 5. The van der Waals surface area contributed by atoms with E-state index in [-0.39, 0.29) is 11.4 Å². The second-order valence-electron chi connectivity index (χ2n) is 8.78. The summed E-state index contributed by atoms with van der Waals surface area (Å²) in [4.78, 5) is 19.4. The van der Waals surface area contributed by atoms with Crippen LogP contribution in [0.3, 0.4) is 0 Å². The quantitative estimate of drug-likeness (QED) is 0.417. The van der Waals surface area contributed by atoms with Crippen LogP contribution in [0.15, 0.2) is 82.1 Å². The molecule has 7 heteroatoms. The molecule has 1 atom stereocenters. The Morgan fingerprint density at radius 3 is 2.64 bits per heavy atom. The van der Waals surface area contributed by atoms with E-state index in [1.54, 1.807) is 24.9 Å². The summed E-state index contributed by atoms with van der Waals surface area (Å²) in [5.74, 6) is 0.882. The van der Waals surface area contributed by atoms with Gasteiger partial charge < -0.3 is 9.47 Å². The number of methoxy groups -OCH3 is 2. The molecule has 36 heavy (non-hydrogen) atoms. The molecule has 1 aliphatic carbocycles. The number of allylic oxidation sites excluding steroid dienone is 1. The molecule has 3 aromatic carbocycles. The Kier molecular flexibility index (Phi) is 5.57. The maximum absolute atomic E-state index is 14.3. The SMILES string of the molecule is COc1ccc(C=c2sc3n(c2=O)C(c2cccc(F)c2)C2=C(N=3)c3ccccc3CC2)cc1OC. The molecule has 0 N–H and O–H groups in total. The molecule has 0 saturated heterocycles. The standard InChI is InChI=1S/C29H23FN2O3S/c1-34-23-13-10-17(14-24(23)35-2)15-25-28(33)32-27(19-7-5-8-20(30)16-19)22-12-11-18-6-3-4-9-21(18)26(22)31-29(32)36-25/h3-10,13-16,27H,11-12H2,1-2H3. The number of fused-ring (bicyclic) bond motifs is 3. The molecule has 0 amide bonds. The van der Waals surface area contributed by atoms with Crippen LogP contribution in [0.5, 0.6) is 11.5 Å². The van der Waals surface area contributed by atoms with E-state index in [1.165, 1.54) is 29.0 Å². The Morgan fingerprint density at radius 1 is 1.00 bits per heavy atom. The Balaban J connectivity index is 1.59. The molecule has 5 nitrogen and oxygen atoms in total. The van der Waals surface area contributed by atoms with Gasteiger partial charge in [0.2, 0.25) is 0 Å². The summed E-state index contributed by atoms with van der Waals surface area (Å²) < 4.78 is 27.4. The third kappa shape index (κ3) is 3.67. The van der Waals surface area contributed by atoms with Gasteiger partial charge in [-0.2, -0.15) is 0 Å². The summed E-state index contributed by atoms with van der Waals surface area (Å²) in [6.45, 7) is 0. The van der Waals surface area contributed by atoms with Gasteiger partial charge in [0.1, 0.15) is 5.82 Å². The van der Waals surface area contributed by atoms with Crippen molar-refractivity contribution < 1.29 is 13.9 Å². The minimum atomic E-state index is -0.409. The molecule has 2 heterocycles. The number of hydrogen-bond donors (Lipinski definition) is 0. The highest BCUT2D eigenvalue weighted by Gasteiger charge is 2.32. The lowest BCUT2D eigenvalue weighted by Crippen LogP contribution is -2.38. The molecule has 0 spiro atoms. The zero-order valence-electron chi connectivity index (χ0n) is 19.8. The molecule has 180 valence electrons. The van der Waals surface area contributed by atoms with E-state index in [1.807, 2.05) is 42.5 Å². The topological polar surface area (TPSA) is 52.8 Å². The van der Waals surface area contributed by atoms with Gasteiger partial charge in [0.25, 0.3) is 5.56 Å². The largest absolute Gasteiger partial charge is 0.493 e. The fourth-order valence-electron chi connectivity index (χ4n) is 5.09. The van der Waals surface area contributed by atoms with Crippen molar-refractivity contribution in [2.24, 2.45) is 4.99 Å². The van der Waals surface area contributed by atoms with Crippen LogP contribution in [0.25, 0.3) is 11.8 Å². The minimum Gasteiger partial charge on any atom is -0.493 e. The Bertz CT molecular complexity index is 1720. The van der Waals surface area contributed by atoms with Crippen molar-refractivity contribution in [2.45, 2.75) is 18.9 Å². The number of halogens is 1. The number of thiazole rings is 1. The fraction of sp³-hybridized carbons (Fsp3) is 0.172. The van der Waals surface area contributed by atoms with Gasteiger partial charge in [0, 0.05) is 5.56 Å². The third-order valence-electron chi connectivity index (χ3n) is 6.74. The van der Waals surface area contributed by atoms with E-state index in [2.05, 4.69) is 12.1 Å². The van der Waals surface area contributed by atoms with Gasteiger partial charge in [0.05, 0.1) is 30.5 Å². The van der Waals surface area contributed by atoms with Gasteiger partial charge in [-0.3, -0.25) is 9.36 Å². The first kappa shape index (κ1) is 22.5. The second kappa shape index (κ2) is 8.91.